The third-order valence-electron chi connectivity index (χ3n) is 30.2. The van der Waals surface area contributed by atoms with E-state index in [1.165, 1.54) is 48.5 Å². The van der Waals surface area contributed by atoms with Crippen molar-refractivity contribution in [2.75, 3.05) is 100 Å². The Balaban J connectivity index is 0.000000150. The molecule has 12 aliphatic rings. The number of nitrogens with one attached hydrogen (secondary N) is 4. The number of phenols is 4. The topological polar surface area (TPSA) is 765 Å². The van der Waals surface area contributed by atoms with Crippen LogP contribution in [0.2, 0.25) is 0 Å². The van der Waals surface area contributed by atoms with Gasteiger partial charge >= 0.3 is 6.03 Å². The number of urea groups is 1. The number of fused-ring (bicyclic) bond motifs is 12. The minimum Gasteiger partial charge on any atom is -0.508 e. The number of hydrogen-bond donors (Lipinski definition) is 24. The van der Waals surface area contributed by atoms with E-state index in [0.29, 0.717) is 45.0 Å². The number of Topliss-reactive ketones (excluding diaryl/α,β-unsaturated/α-hetero) is 9. The summed E-state index contributed by atoms with van der Waals surface area (Å²) < 4.78 is 28.9. The van der Waals surface area contributed by atoms with Crippen LogP contribution < -0.4 is 68.1 Å². The van der Waals surface area contributed by atoms with Gasteiger partial charge in [0.05, 0.1) is 45.3 Å². The highest BCUT2D eigenvalue weighted by Crippen LogP contribution is 2.60. The lowest BCUT2D eigenvalue weighted by Crippen LogP contribution is -2.66. The van der Waals surface area contributed by atoms with Crippen molar-refractivity contribution in [2.45, 2.75) is 124 Å². The maximum absolute atomic E-state index is 14.0. The lowest BCUT2D eigenvalue weighted by molar-refractivity contribution is -0.152. The number of phenolic OH excluding ortho intramolecular Hbond substituents is 4. The average Bonchev–Trinajstić information content (AvgIpc) is 0.707. The molecule has 0 saturated heterocycles. The van der Waals surface area contributed by atoms with E-state index in [-0.39, 0.29) is 124 Å². The first-order valence-electron chi connectivity index (χ1n) is 46.7. The predicted molar refractivity (Wildman–Crippen MR) is 533 cm³/mol. The molecule has 28 N–H and O–H groups in total. The molecule has 786 valence electrons. The van der Waals surface area contributed by atoms with Crippen molar-refractivity contribution < 1.29 is 157 Å². The Bertz CT molecular complexity index is 7370. The van der Waals surface area contributed by atoms with E-state index in [1.807, 2.05) is 19.0 Å². The zero-order valence-corrected chi connectivity index (χ0v) is 83.3. The van der Waals surface area contributed by atoms with Crippen molar-refractivity contribution in [2.24, 2.45) is 70.3 Å². The molecule has 45 nitrogen and oxygen atoms in total. The zero-order chi connectivity index (χ0) is 110. The number of benzene rings is 6. The number of carbonyl (C=O) groups is 14. The summed E-state index contributed by atoms with van der Waals surface area (Å²) in [7, 11) is 13.5. The fourth-order valence-electron chi connectivity index (χ4n) is 23.3. The van der Waals surface area contributed by atoms with Crippen LogP contribution in [-0.2, 0) is 98.0 Å². The smallest absolute Gasteiger partial charge is 0.319 e. The Labute approximate surface area is 849 Å². The third-order valence-corrected chi connectivity index (χ3v) is 31.7. The van der Waals surface area contributed by atoms with Gasteiger partial charge in [-0.15, -0.1) is 0 Å². The number of sulfonamides is 1. The molecule has 18 rings (SSSR count). The summed E-state index contributed by atoms with van der Waals surface area (Å²) >= 11 is 0. The molecule has 46 heteroatoms. The summed E-state index contributed by atoms with van der Waals surface area (Å²) in [5.74, 6) is -31.0. The quantitative estimate of drug-likeness (QED) is 0.0656. The van der Waals surface area contributed by atoms with Gasteiger partial charge in [-0.2, -0.15) is 4.72 Å². The molecule has 4 fully saturated rings. The summed E-state index contributed by atoms with van der Waals surface area (Å²) in [6.45, 7) is 3.91. The molecule has 149 heavy (non-hydrogen) atoms. The van der Waals surface area contributed by atoms with Crippen molar-refractivity contribution in [3.8, 4) is 23.0 Å². The van der Waals surface area contributed by atoms with Crippen LogP contribution in [0.4, 0.5) is 38.9 Å². The van der Waals surface area contributed by atoms with Crippen LogP contribution in [0.3, 0.4) is 0 Å². The highest BCUT2D eigenvalue weighted by molar-refractivity contribution is 7.89. The Morgan fingerprint density at radius 2 is 0.644 bits per heavy atom. The van der Waals surface area contributed by atoms with Gasteiger partial charge in [0.1, 0.15) is 97.4 Å². The highest BCUT2D eigenvalue weighted by atomic mass is 32.2. The summed E-state index contributed by atoms with van der Waals surface area (Å²) in [6, 6.07) is 17.3. The molecule has 0 heterocycles. The van der Waals surface area contributed by atoms with Crippen LogP contribution in [0.15, 0.2) is 170 Å². The first-order valence-corrected chi connectivity index (χ1v) is 48.2. The molecule has 16 atom stereocenters. The first kappa shape index (κ1) is 107. The molecule has 0 aromatic heterocycles. The van der Waals surface area contributed by atoms with Crippen molar-refractivity contribution in [1.29, 1.82) is 0 Å². The van der Waals surface area contributed by atoms with Gasteiger partial charge < -0.3 is 145 Å². The normalized spacial score (nSPS) is 26.9. The largest absolute Gasteiger partial charge is 0.508 e. The van der Waals surface area contributed by atoms with Gasteiger partial charge in [-0.05, 0) is 196 Å². The Morgan fingerprint density at radius 1 is 0.362 bits per heavy atom. The second kappa shape index (κ2) is 38.2. The molecule has 6 unspecified atom stereocenters. The molecule has 0 radical (unpaired) electrons. The van der Waals surface area contributed by atoms with Crippen molar-refractivity contribution in [3.05, 3.63) is 215 Å². The lowest BCUT2D eigenvalue weighted by atomic mass is 9.57. The highest BCUT2D eigenvalue weighted by Gasteiger charge is 2.70. The molecule has 4 saturated carbocycles. The van der Waals surface area contributed by atoms with Gasteiger partial charge in [0.25, 0.3) is 17.7 Å². The number of anilines is 6. The van der Waals surface area contributed by atoms with Gasteiger partial charge in [0, 0.05) is 157 Å². The number of carbonyl (C=O) groups excluding carboxylic acids is 14. The Morgan fingerprint density at radius 3 is 0.933 bits per heavy atom. The molecule has 0 aliphatic heterocycles. The summed E-state index contributed by atoms with van der Waals surface area (Å²) in [5.41, 5.74) is 12.9. The van der Waals surface area contributed by atoms with Crippen LogP contribution in [-0.4, -0.2) is 289 Å². The van der Waals surface area contributed by atoms with E-state index in [4.69, 9.17) is 22.9 Å². The number of nitrogens with two attached hydrogens (primary N) is 4. The SMILES string of the molecule is CC(=O)C1=C(O)[C@@]2(O)C(=O)C3=C(O)c4c(O)ccc(N(C)C)c4CC3CC2C(N)C1=O.CC(=O)NC1C(=O)C(C(N)=O)=C(O)[C@@]2(O)C(=O)C3=C(O)c4c(O)ccc(N(C)C)c4C[C@H]3C[C@@H]12.CN(C)c1ccc(NC(=O)NC2C(=O)C(C(N)=O)=C(O)[C@@]3(O)C(=O)C4=C(O)c5c(O)ccc(N(C)C)c5C[C@H]4C[C@@H]23)cc1.Cc1ccc(S(=O)(=O)NC2C(=O)C(C(N)=O)=C(O)[C@@]3(O)C(=O)C4=C(O)c5c(O)ccc(N(C)C)c5C[C@H]4C[C@@H]23)cc1. The number of aliphatic hydroxyl groups excluding tert-OH is 8. The minimum absolute atomic E-state index is 0.00710. The fourth-order valence-corrected chi connectivity index (χ4v) is 24.5. The van der Waals surface area contributed by atoms with Crippen molar-refractivity contribution in [1.82, 2.24) is 15.4 Å². The number of rotatable bonds is 15. The number of aryl methyl sites for hydroxylation is 1. The Kier molecular flexibility index (Phi) is 27.4. The molecule has 0 bridgehead atoms. The van der Waals surface area contributed by atoms with E-state index in [9.17, 15) is 157 Å². The second-order valence-electron chi connectivity index (χ2n) is 39.9. The molecular weight excluding hydrogens is 1960 g/mol. The molecule has 6 amide bonds. The van der Waals surface area contributed by atoms with Gasteiger partial charge in [0.2, 0.25) is 39.1 Å². The van der Waals surface area contributed by atoms with Crippen LogP contribution in [0.5, 0.6) is 23.0 Å². The van der Waals surface area contributed by atoms with Gasteiger partial charge in [0.15, 0.2) is 51.3 Å². The number of amides is 6. The maximum Gasteiger partial charge on any atom is 0.319 e. The van der Waals surface area contributed by atoms with Gasteiger partial charge in [-0.25, -0.2) is 13.2 Å². The summed E-state index contributed by atoms with van der Waals surface area (Å²) in [6.07, 6.45) is 0.132. The predicted octanol–water partition coefficient (Wildman–Crippen LogP) is 2.25. The lowest BCUT2D eigenvalue weighted by Gasteiger charge is -2.49. The monoisotopic (exact) mass is 2070 g/mol. The number of primary amides is 3. The average molecular weight is 2080 g/mol. The molecule has 12 aliphatic carbocycles. The maximum atomic E-state index is 14.0. The fraction of sp³-hybridized carbons (Fsp3) is 0.359. The molecule has 6 aromatic carbocycles. The zero-order valence-electron chi connectivity index (χ0n) is 82.5. The van der Waals surface area contributed by atoms with Gasteiger partial charge in [-0.1, -0.05) is 17.7 Å². The molecule has 6 aromatic rings. The van der Waals surface area contributed by atoms with Crippen LogP contribution in [0.1, 0.15) is 89.6 Å². The number of nitrogens with zero attached hydrogens (tertiary/aromatic N) is 5. The standard InChI is InChI=1S/C30H33N5O8.C28H29N3O9S.C23H25N3O8.C22H24N2O7/c1-34(2)15-7-5-14(6-8-15)32-29(42)33-23-17-12-13-11-16-18(35(3)4)9-10-19(36)21(16)24(37)20(13)26(39)30(17,43)27(40)22(25(23)38)28(31)41;1-12-4-6-14(7-5-12)41(39,40)30-22-16-11-13-10-15-17(31(2)3)8-9-18(32)20(15)23(33)19(13)25(35)28(16,38)26(36)21(24(22)34)27(29)37;1-8(27)25-17-11-7-9-6-10-12(26(2)3)4-5-13(28)15(10)18(29)14(9)20(31)23(11,34)21(32)16(19(17)30)22(24)33;1-8(25)14-19(28)17(23)11-7-9-6-10-12(24(2)3)4-5-13(26)16(10)18(27)15(9)21(30)22(11,31)20(14)29/h5-10,13,17,23,36-37,40,43H,11-12H2,1-4H3,(H2,31,41)(H2,32,33,42);4-9,13,16,22,30,32-33,36,38H,10-11H2,1-3H3,(H2,29,37);4-5,9,11,17,28-29,32,34H,6-7H2,1-3H3,(H2,24,33)(H,25,27);4-5,9,11,17,26-27,29,31H,6-7,23H2,1-3H3/t13-,17-,23?,30-;13-,16-,22?,28-;9-,11-,17?,23-;9?,11?,17?,22-/m0001/s1. The summed E-state index contributed by atoms with van der Waals surface area (Å²) in [4.78, 5) is 190. The van der Waals surface area contributed by atoms with Crippen LogP contribution in [0, 0.1) is 54.3 Å². The van der Waals surface area contributed by atoms with E-state index in [0.717, 1.165) is 30.8 Å². The summed E-state index contributed by atoms with van der Waals surface area (Å²) in [5, 5.41) is 184. The molecular formula is C103H111N13O32S. The van der Waals surface area contributed by atoms with E-state index in [2.05, 4.69) is 20.7 Å². The second-order valence-corrected chi connectivity index (χ2v) is 41.7. The van der Waals surface area contributed by atoms with Crippen LogP contribution >= 0.6 is 0 Å². The van der Waals surface area contributed by atoms with Crippen LogP contribution in [0.25, 0.3) is 23.0 Å². The van der Waals surface area contributed by atoms with E-state index < -0.39 is 254 Å². The van der Waals surface area contributed by atoms with Crippen molar-refractivity contribution >= 4 is 149 Å². The number of aromatic hydroxyl groups is 4. The first-order chi connectivity index (χ1) is 69.5. The van der Waals surface area contributed by atoms with Gasteiger partial charge in [-0.3, -0.25) is 62.3 Å². The van der Waals surface area contributed by atoms with E-state index in [1.54, 1.807) is 131 Å². The Hall–Kier alpha value is -16.3. The minimum atomic E-state index is -4.43. The third kappa shape index (κ3) is 16.8. The number of ketones is 9. The molecule has 0 spiro atoms. The number of aliphatic hydroxyl groups is 12. The van der Waals surface area contributed by atoms with Crippen molar-refractivity contribution in [3.63, 3.8) is 0 Å². The van der Waals surface area contributed by atoms with E-state index >= 15 is 0 Å². The number of hydrogen-bond acceptors (Lipinski definition) is 38.